The number of hydrogen-bond donors (Lipinski definition) is 0. The Morgan fingerprint density at radius 1 is 1.23 bits per heavy atom. The number of fused-ring (bicyclic) bond motifs is 1. The molecule has 30 heavy (non-hydrogen) atoms. The number of para-hydroxylation sites is 1. The van der Waals surface area contributed by atoms with Crippen molar-refractivity contribution in [3.8, 4) is 6.07 Å². The lowest BCUT2D eigenvalue weighted by Gasteiger charge is -2.29. The minimum absolute atomic E-state index is 0.0632. The normalized spacial score (nSPS) is 18.9. The van der Waals surface area contributed by atoms with E-state index in [0.29, 0.717) is 11.3 Å². The van der Waals surface area contributed by atoms with E-state index in [2.05, 4.69) is 41.0 Å². The lowest BCUT2D eigenvalue weighted by Crippen LogP contribution is -2.23. The highest BCUT2D eigenvalue weighted by Gasteiger charge is 2.24. The molecule has 0 saturated carbocycles. The average molecular weight is 396 g/mol. The molecular formula is C26H25N3O. The van der Waals surface area contributed by atoms with E-state index in [-0.39, 0.29) is 11.1 Å². The summed E-state index contributed by atoms with van der Waals surface area (Å²) in [5.74, 6) is 1.33. The molecule has 1 aromatic carbocycles. The van der Waals surface area contributed by atoms with Gasteiger partial charge < -0.3 is 9.64 Å². The van der Waals surface area contributed by atoms with Gasteiger partial charge in [0.25, 0.3) is 5.70 Å². The molecule has 4 nitrogen and oxygen atoms in total. The van der Waals surface area contributed by atoms with Crippen LogP contribution in [0.2, 0.25) is 0 Å². The molecule has 4 heteroatoms. The Kier molecular flexibility index (Phi) is 6.09. The van der Waals surface area contributed by atoms with Crippen molar-refractivity contribution < 1.29 is 4.74 Å². The van der Waals surface area contributed by atoms with E-state index >= 15 is 0 Å². The average Bonchev–Trinajstić information content (AvgIpc) is 2.73. The maximum absolute atomic E-state index is 9.27. The van der Waals surface area contributed by atoms with Gasteiger partial charge in [0, 0.05) is 23.3 Å². The van der Waals surface area contributed by atoms with Crippen LogP contribution in [-0.4, -0.2) is 6.54 Å². The molecule has 0 radical (unpaired) electrons. The molecule has 0 amide bonds. The fourth-order valence-corrected chi connectivity index (χ4v) is 3.28. The van der Waals surface area contributed by atoms with Crippen LogP contribution >= 0.6 is 0 Å². The van der Waals surface area contributed by atoms with Gasteiger partial charge in [0.1, 0.15) is 11.5 Å². The fraction of sp³-hybridized carbons (Fsp3) is 0.231. The number of likely N-dealkylation sites (N-methyl/N-ethyl adjacent to an activating group) is 1. The topological polar surface area (TPSA) is 40.6 Å². The quantitative estimate of drug-likeness (QED) is 0.432. The molecule has 2 heterocycles. The van der Waals surface area contributed by atoms with E-state index < -0.39 is 0 Å². The minimum atomic E-state index is -0.242. The molecule has 0 unspecified atom stereocenters. The first kappa shape index (κ1) is 21.0. The Morgan fingerprint density at radius 2 is 2.00 bits per heavy atom. The summed E-state index contributed by atoms with van der Waals surface area (Å²) >= 11 is 0. The Labute approximate surface area is 178 Å². The van der Waals surface area contributed by atoms with Crippen LogP contribution in [0.25, 0.3) is 10.9 Å². The molecule has 1 aromatic rings. The zero-order valence-corrected chi connectivity index (χ0v) is 17.8. The third-order valence-electron chi connectivity index (χ3n) is 4.86. The smallest absolute Gasteiger partial charge is 0.269 e. The molecule has 0 aromatic heterocycles. The summed E-state index contributed by atoms with van der Waals surface area (Å²) in [7, 11) is 0. The molecule has 0 spiro atoms. The molecule has 2 aliphatic heterocycles. The third-order valence-corrected chi connectivity index (χ3v) is 4.86. The number of ether oxygens (including phenoxy) is 1. The standard InChI is InChI=1S/C26H25N3O/c1-6-29-21(15-14-19-10-7-8-13-24(19)29)11-9-12-22-16-20(23(18-27)28-5)17-25(30-22)26(2,3)4/h7-17H,6H2,1-4H3/b12-9+,21-11+,23-20-. The molecule has 0 aliphatic carbocycles. The summed E-state index contributed by atoms with van der Waals surface area (Å²) in [6.45, 7) is 16.4. The number of anilines is 1. The van der Waals surface area contributed by atoms with Crippen LogP contribution in [0.5, 0.6) is 0 Å². The van der Waals surface area contributed by atoms with Gasteiger partial charge in [-0.25, -0.2) is 10.1 Å². The predicted molar refractivity (Wildman–Crippen MR) is 122 cm³/mol. The highest BCUT2D eigenvalue weighted by molar-refractivity contribution is 5.76. The third kappa shape index (κ3) is 4.45. The molecule has 0 saturated heterocycles. The van der Waals surface area contributed by atoms with Gasteiger partial charge in [0.15, 0.2) is 0 Å². The molecule has 0 atom stereocenters. The molecule has 0 N–H and O–H groups in total. The van der Waals surface area contributed by atoms with Crippen LogP contribution in [0.3, 0.4) is 0 Å². The van der Waals surface area contributed by atoms with Crippen LogP contribution in [0.4, 0.5) is 5.69 Å². The number of nitrogens with zero attached hydrogens (tertiary/aromatic N) is 3. The summed E-state index contributed by atoms with van der Waals surface area (Å²) in [6.07, 6.45) is 13.6. The first-order valence-electron chi connectivity index (χ1n) is 9.94. The SMILES string of the molecule is [C-]#[N+]/C(C#N)=C1C=C(/C=C/C=C2\C=Cc3ccccc3N2CC)OC(C(C)(C)C)=C/1. The van der Waals surface area contributed by atoms with Crippen LogP contribution in [0.15, 0.2) is 89.2 Å². The Balaban J connectivity index is 1.91. The van der Waals surface area contributed by atoms with Gasteiger partial charge >= 0.3 is 0 Å². The summed E-state index contributed by atoms with van der Waals surface area (Å²) in [4.78, 5) is 5.61. The number of allylic oxidation sites excluding steroid dienone is 9. The molecule has 150 valence electrons. The lowest BCUT2D eigenvalue weighted by atomic mass is 9.91. The highest BCUT2D eigenvalue weighted by Crippen LogP contribution is 2.34. The van der Waals surface area contributed by atoms with Crippen molar-refractivity contribution in [1.29, 1.82) is 5.26 Å². The van der Waals surface area contributed by atoms with Crippen molar-refractivity contribution in [2.75, 3.05) is 11.4 Å². The van der Waals surface area contributed by atoms with Gasteiger partial charge in [0.05, 0.1) is 12.6 Å². The molecule has 0 fully saturated rings. The van der Waals surface area contributed by atoms with Gasteiger partial charge in [-0.2, -0.15) is 0 Å². The van der Waals surface area contributed by atoms with Crippen LogP contribution in [0, 0.1) is 23.3 Å². The van der Waals surface area contributed by atoms with Crippen molar-refractivity contribution in [2.24, 2.45) is 5.41 Å². The van der Waals surface area contributed by atoms with Crippen molar-refractivity contribution >= 4 is 11.8 Å². The Bertz CT molecular complexity index is 1090. The Morgan fingerprint density at radius 3 is 2.67 bits per heavy atom. The summed E-state index contributed by atoms with van der Waals surface area (Å²) < 4.78 is 6.05. The Hall–Kier alpha value is -3.76. The van der Waals surface area contributed by atoms with Gasteiger partial charge in [-0.1, -0.05) is 51.1 Å². The van der Waals surface area contributed by atoms with E-state index in [4.69, 9.17) is 11.3 Å². The highest BCUT2D eigenvalue weighted by atomic mass is 16.5. The molecule has 3 rings (SSSR count). The second kappa shape index (κ2) is 8.72. The van der Waals surface area contributed by atoms with E-state index in [9.17, 15) is 5.26 Å². The summed E-state index contributed by atoms with van der Waals surface area (Å²) in [5.41, 5.74) is 3.89. The van der Waals surface area contributed by atoms with Crippen molar-refractivity contribution in [1.82, 2.24) is 0 Å². The number of nitriles is 1. The number of rotatable bonds is 3. The van der Waals surface area contributed by atoms with Crippen molar-refractivity contribution in [3.63, 3.8) is 0 Å². The predicted octanol–water partition coefficient (Wildman–Crippen LogP) is 6.52. The van der Waals surface area contributed by atoms with E-state index in [1.54, 1.807) is 12.2 Å². The maximum atomic E-state index is 9.27. The molecule has 0 bridgehead atoms. The number of benzene rings is 1. The van der Waals surface area contributed by atoms with Crippen LogP contribution in [0.1, 0.15) is 33.3 Å². The van der Waals surface area contributed by atoms with Crippen molar-refractivity contribution in [2.45, 2.75) is 27.7 Å². The van der Waals surface area contributed by atoms with Crippen LogP contribution in [-0.2, 0) is 4.74 Å². The van der Waals surface area contributed by atoms with Gasteiger partial charge in [-0.05, 0) is 54.5 Å². The molecule has 2 aliphatic rings. The largest absolute Gasteiger partial charge is 0.461 e. The van der Waals surface area contributed by atoms with Gasteiger partial charge in [-0.3, -0.25) is 0 Å². The van der Waals surface area contributed by atoms with Gasteiger partial charge in [-0.15, -0.1) is 0 Å². The van der Waals surface area contributed by atoms with Gasteiger partial charge in [0.2, 0.25) is 0 Å². The lowest BCUT2D eigenvalue weighted by molar-refractivity contribution is 0.223. The monoisotopic (exact) mass is 395 g/mol. The minimum Gasteiger partial charge on any atom is -0.461 e. The first-order valence-corrected chi connectivity index (χ1v) is 9.94. The number of hydrogen-bond acceptors (Lipinski definition) is 3. The first-order chi connectivity index (χ1) is 14.4. The maximum Gasteiger partial charge on any atom is 0.269 e. The fourth-order valence-electron chi connectivity index (χ4n) is 3.28. The van der Waals surface area contributed by atoms with E-state index in [1.807, 2.05) is 57.2 Å². The second-order valence-electron chi connectivity index (χ2n) is 8.02. The van der Waals surface area contributed by atoms with Crippen molar-refractivity contribution in [3.05, 3.63) is 106 Å². The second-order valence-corrected chi connectivity index (χ2v) is 8.02. The van der Waals surface area contributed by atoms with E-state index in [0.717, 1.165) is 18.0 Å². The molecular weight excluding hydrogens is 370 g/mol. The van der Waals surface area contributed by atoms with Crippen LogP contribution < -0.4 is 4.90 Å². The zero-order chi connectivity index (χ0) is 21.7. The zero-order valence-electron chi connectivity index (χ0n) is 17.8. The summed E-state index contributed by atoms with van der Waals surface area (Å²) in [5, 5.41) is 9.27. The van der Waals surface area contributed by atoms with E-state index in [1.165, 1.54) is 11.3 Å². The summed E-state index contributed by atoms with van der Waals surface area (Å²) in [6, 6.07) is 10.3.